The molecule has 0 bridgehead atoms. The second-order valence-electron chi connectivity index (χ2n) is 4.10. The molecule has 0 aliphatic carbocycles. The summed E-state index contributed by atoms with van der Waals surface area (Å²) in [5.41, 5.74) is 0.469. The van der Waals surface area contributed by atoms with Crippen molar-refractivity contribution in [3.63, 3.8) is 0 Å². The Hall–Kier alpha value is -0.300. The predicted octanol–water partition coefficient (Wildman–Crippen LogP) is 5.40. The summed E-state index contributed by atoms with van der Waals surface area (Å²) in [6.45, 7) is 2.49. The zero-order chi connectivity index (χ0) is 14.0. The van der Waals surface area contributed by atoms with Crippen molar-refractivity contribution >= 4 is 43.2 Å². The third kappa shape index (κ3) is 3.84. The fraction of sp³-hybridized carbons (Fsp3) is 0.231. The van der Waals surface area contributed by atoms with Crippen LogP contribution in [0.1, 0.15) is 23.4 Å². The molecule has 2 aromatic rings. The molecule has 1 aromatic carbocycles. The smallest absolute Gasteiger partial charge is 0.130 e. The summed E-state index contributed by atoms with van der Waals surface area (Å²) in [6.07, 6.45) is 0. The minimum Gasteiger partial charge on any atom is -0.305 e. The first kappa shape index (κ1) is 15.1. The van der Waals surface area contributed by atoms with Gasteiger partial charge in [0.2, 0.25) is 0 Å². The molecule has 0 saturated carbocycles. The Labute approximate surface area is 131 Å². The van der Waals surface area contributed by atoms with Gasteiger partial charge in [-0.3, -0.25) is 0 Å². The van der Waals surface area contributed by atoms with E-state index in [1.54, 1.807) is 11.3 Å². The van der Waals surface area contributed by atoms with E-state index in [2.05, 4.69) is 37.2 Å². The highest BCUT2D eigenvalue weighted by atomic mass is 79.9. The fourth-order valence-electron chi connectivity index (χ4n) is 1.69. The first-order valence-electron chi connectivity index (χ1n) is 5.59. The Morgan fingerprint density at radius 2 is 2.00 bits per heavy atom. The van der Waals surface area contributed by atoms with Gasteiger partial charge in [-0.05, 0) is 50.9 Å². The zero-order valence-electron chi connectivity index (χ0n) is 10.0. The van der Waals surface area contributed by atoms with Crippen LogP contribution in [0.2, 0.25) is 0 Å². The van der Waals surface area contributed by atoms with Gasteiger partial charge in [-0.1, -0.05) is 6.07 Å². The molecule has 102 valence electrons. The van der Waals surface area contributed by atoms with E-state index in [1.807, 2.05) is 13.0 Å². The quantitative estimate of drug-likeness (QED) is 0.711. The molecule has 0 aliphatic rings. The van der Waals surface area contributed by atoms with Gasteiger partial charge in [0.1, 0.15) is 11.6 Å². The van der Waals surface area contributed by atoms with Crippen molar-refractivity contribution in [1.82, 2.24) is 5.32 Å². The summed E-state index contributed by atoms with van der Waals surface area (Å²) >= 11 is 8.46. The van der Waals surface area contributed by atoms with E-state index in [0.29, 0.717) is 12.1 Å². The number of rotatable bonds is 4. The molecule has 1 unspecified atom stereocenters. The van der Waals surface area contributed by atoms with Gasteiger partial charge in [-0.15, -0.1) is 11.3 Å². The maximum atomic E-state index is 13.6. The molecular weight excluding hydrogens is 400 g/mol. The van der Waals surface area contributed by atoms with Crippen LogP contribution in [0.15, 0.2) is 32.5 Å². The highest BCUT2D eigenvalue weighted by Crippen LogP contribution is 2.32. The SMILES string of the molecule is CC(NCc1cc(Br)c(Br)s1)c1ccc(F)cc1F. The summed E-state index contributed by atoms with van der Waals surface area (Å²) in [5, 5.41) is 3.22. The van der Waals surface area contributed by atoms with E-state index in [0.717, 1.165) is 19.2 Å². The van der Waals surface area contributed by atoms with Gasteiger partial charge in [-0.25, -0.2) is 8.78 Å². The van der Waals surface area contributed by atoms with Gasteiger partial charge in [0, 0.05) is 33.6 Å². The molecule has 1 aromatic heterocycles. The summed E-state index contributed by atoms with van der Waals surface area (Å²) in [7, 11) is 0. The van der Waals surface area contributed by atoms with Gasteiger partial charge in [-0.2, -0.15) is 0 Å². The van der Waals surface area contributed by atoms with Crippen molar-refractivity contribution in [2.75, 3.05) is 0 Å². The van der Waals surface area contributed by atoms with Crippen LogP contribution >= 0.6 is 43.2 Å². The lowest BCUT2D eigenvalue weighted by Crippen LogP contribution is -2.18. The molecule has 19 heavy (non-hydrogen) atoms. The number of hydrogen-bond acceptors (Lipinski definition) is 2. The van der Waals surface area contributed by atoms with Crippen LogP contribution in [0.4, 0.5) is 8.78 Å². The lowest BCUT2D eigenvalue weighted by Gasteiger charge is -2.14. The Bertz CT molecular complexity index is 567. The van der Waals surface area contributed by atoms with Gasteiger partial charge < -0.3 is 5.32 Å². The van der Waals surface area contributed by atoms with E-state index in [1.165, 1.54) is 12.1 Å². The molecule has 0 saturated heterocycles. The maximum absolute atomic E-state index is 13.6. The van der Waals surface area contributed by atoms with Crippen molar-refractivity contribution in [3.05, 3.63) is 54.6 Å². The minimum absolute atomic E-state index is 0.180. The third-order valence-corrected chi connectivity index (χ3v) is 5.96. The van der Waals surface area contributed by atoms with Gasteiger partial charge in [0.05, 0.1) is 3.79 Å². The average Bonchev–Trinajstić information content (AvgIpc) is 2.66. The van der Waals surface area contributed by atoms with E-state index in [9.17, 15) is 8.78 Å². The van der Waals surface area contributed by atoms with Crippen LogP contribution < -0.4 is 5.32 Å². The number of hydrogen-bond donors (Lipinski definition) is 1. The minimum atomic E-state index is -0.556. The van der Waals surface area contributed by atoms with Gasteiger partial charge in [0.15, 0.2) is 0 Å². The van der Waals surface area contributed by atoms with Crippen LogP contribution in [0.5, 0.6) is 0 Å². The lowest BCUT2D eigenvalue weighted by atomic mass is 10.1. The highest BCUT2D eigenvalue weighted by Gasteiger charge is 2.12. The fourth-order valence-corrected chi connectivity index (χ4v) is 3.82. The largest absolute Gasteiger partial charge is 0.305 e. The van der Waals surface area contributed by atoms with Crippen molar-refractivity contribution in [1.29, 1.82) is 0 Å². The first-order valence-corrected chi connectivity index (χ1v) is 7.99. The average molecular weight is 411 g/mol. The topological polar surface area (TPSA) is 12.0 Å². The van der Waals surface area contributed by atoms with E-state index in [-0.39, 0.29) is 6.04 Å². The molecule has 2 rings (SSSR count). The Morgan fingerprint density at radius 3 is 2.58 bits per heavy atom. The van der Waals surface area contributed by atoms with Crippen LogP contribution in [0.25, 0.3) is 0 Å². The van der Waals surface area contributed by atoms with Gasteiger partial charge in [0.25, 0.3) is 0 Å². The Balaban J connectivity index is 2.03. The molecule has 0 fully saturated rings. The normalized spacial score (nSPS) is 12.7. The van der Waals surface area contributed by atoms with Crippen molar-refractivity contribution < 1.29 is 8.78 Å². The molecule has 0 radical (unpaired) electrons. The number of nitrogens with one attached hydrogen (secondary N) is 1. The number of benzene rings is 1. The second-order valence-corrected chi connectivity index (χ2v) is 7.41. The Morgan fingerprint density at radius 1 is 1.26 bits per heavy atom. The highest BCUT2D eigenvalue weighted by molar-refractivity contribution is 9.13. The first-order chi connectivity index (χ1) is 8.97. The van der Waals surface area contributed by atoms with Crippen molar-refractivity contribution in [3.8, 4) is 0 Å². The Kier molecular flexibility index (Phi) is 5.11. The number of thiophene rings is 1. The summed E-state index contributed by atoms with van der Waals surface area (Å²) in [6, 6.07) is 5.49. The molecule has 1 nitrogen and oxygen atoms in total. The van der Waals surface area contributed by atoms with Gasteiger partial charge >= 0.3 is 0 Å². The molecular formula is C13H11Br2F2NS. The summed E-state index contributed by atoms with van der Waals surface area (Å²) < 4.78 is 28.5. The standard InChI is InChI=1S/C13H11Br2F2NS/c1-7(10-3-2-8(16)4-12(10)17)18-6-9-5-11(14)13(15)19-9/h2-5,7,18H,6H2,1H3. The van der Waals surface area contributed by atoms with Crippen molar-refractivity contribution in [2.45, 2.75) is 19.5 Å². The predicted molar refractivity (Wildman–Crippen MR) is 81.3 cm³/mol. The summed E-state index contributed by atoms with van der Waals surface area (Å²) in [4.78, 5) is 1.13. The summed E-state index contributed by atoms with van der Waals surface area (Å²) in [5.74, 6) is -1.08. The lowest BCUT2D eigenvalue weighted by molar-refractivity contribution is 0.519. The molecule has 0 aliphatic heterocycles. The maximum Gasteiger partial charge on any atom is 0.130 e. The monoisotopic (exact) mass is 409 g/mol. The molecule has 1 heterocycles. The molecule has 1 N–H and O–H groups in total. The van der Waals surface area contributed by atoms with Crippen molar-refractivity contribution in [2.24, 2.45) is 0 Å². The van der Waals surface area contributed by atoms with Crippen LogP contribution in [0, 0.1) is 11.6 Å². The van der Waals surface area contributed by atoms with E-state index >= 15 is 0 Å². The van der Waals surface area contributed by atoms with E-state index in [4.69, 9.17) is 0 Å². The second kappa shape index (κ2) is 6.43. The third-order valence-electron chi connectivity index (χ3n) is 2.71. The molecule has 0 spiro atoms. The zero-order valence-corrected chi connectivity index (χ0v) is 14.0. The molecule has 0 amide bonds. The molecule has 1 atom stereocenters. The van der Waals surface area contributed by atoms with Crippen LogP contribution in [-0.2, 0) is 6.54 Å². The van der Waals surface area contributed by atoms with Crippen LogP contribution in [-0.4, -0.2) is 0 Å². The van der Waals surface area contributed by atoms with Crippen LogP contribution in [0.3, 0.4) is 0 Å². The molecule has 6 heteroatoms. The van der Waals surface area contributed by atoms with E-state index < -0.39 is 11.6 Å². The number of halogens is 4.